The fraction of sp³-hybridized carbons (Fsp3) is 0.174. The first-order valence-electron chi connectivity index (χ1n) is 11.8. The summed E-state index contributed by atoms with van der Waals surface area (Å²) in [5.41, 5.74) is 2.42. The first-order valence-corrected chi connectivity index (χ1v) is 8.81. The molecule has 0 saturated heterocycles. The molecule has 2 aromatic carbocycles. The van der Waals surface area contributed by atoms with Crippen LogP contribution in [-0.2, 0) is 0 Å². The molecule has 0 amide bonds. The fourth-order valence-electron chi connectivity index (χ4n) is 3.57. The van der Waals surface area contributed by atoms with Gasteiger partial charge in [-0.25, -0.2) is 0 Å². The molecule has 0 spiro atoms. The third kappa shape index (κ3) is 2.43. The van der Waals surface area contributed by atoms with Crippen LogP contribution in [0.3, 0.4) is 0 Å². The van der Waals surface area contributed by atoms with Crippen LogP contribution in [0.25, 0.3) is 38.9 Å². The second-order valence-corrected chi connectivity index (χ2v) is 6.71. The topological polar surface area (TPSA) is 56.7 Å². The molecule has 138 valence electrons. The molecule has 0 fully saturated rings. The zero-order valence-electron chi connectivity index (χ0n) is 21.3. The maximum Gasteiger partial charge on any atom is 0.144 e. The van der Waals surface area contributed by atoms with Crippen LogP contribution >= 0.6 is 0 Å². The van der Waals surface area contributed by atoms with E-state index >= 15 is 0 Å². The van der Waals surface area contributed by atoms with Gasteiger partial charge < -0.3 is 4.42 Å². The molecule has 0 radical (unpaired) electrons. The molecule has 0 atom stereocenters. The van der Waals surface area contributed by atoms with Crippen LogP contribution < -0.4 is 0 Å². The van der Waals surface area contributed by atoms with Crippen molar-refractivity contribution in [1.82, 2.24) is 19.7 Å². The van der Waals surface area contributed by atoms with E-state index in [1.807, 2.05) is 48.7 Å². The van der Waals surface area contributed by atoms with Crippen molar-refractivity contribution in [2.45, 2.75) is 27.6 Å². The number of benzene rings is 2. The SMILES string of the molecule is [2H]C([2H])([2H])c1cnc(-c2cccc3c2oc2cc(-n4c(C)nnc4C)ccc23)cc1C([2H])([2H])[2H]. The first kappa shape index (κ1) is 11.4. The number of aromatic nitrogens is 4. The second-order valence-electron chi connectivity index (χ2n) is 6.71. The summed E-state index contributed by atoms with van der Waals surface area (Å²) >= 11 is 0. The smallest absolute Gasteiger partial charge is 0.144 e. The van der Waals surface area contributed by atoms with Gasteiger partial charge in [0.2, 0.25) is 0 Å². The number of para-hydroxylation sites is 1. The van der Waals surface area contributed by atoms with Crippen molar-refractivity contribution in [2.75, 3.05) is 0 Å². The van der Waals surface area contributed by atoms with Crippen LogP contribution in [0.5, 0.6) is 0 Å². The van der Waals surface area contributed by atoms with Crippen LogP contribution in [0.2, 0.25) is 0 Å². The summed E-state index contributed by atoms with van der Waals surface area (Å²) in [5, 5.41) is 9.95. The van der Waals surface area contributed by atoms with Crippen molar-refractivity contribution in [2.24, 2.45) is 0 Å². The van der Waals surface area contributed by atoms with Crippen LogP contribution in [0.1, 0.15) is 31.0 Å². The van der Waals surface area contributed by atoms with Crippen molar-refractivity contribution in [3.63, 3.8) is 0 Å². The predicted molar refractivity (Wildman–Crippen MR) is 111 cm³/mol. The number of nitrogens with zero attached hydrogens (tertiary/aromatic N) is 4. The summed E-state index contributed by atoms with van der Waals surface area (Å²) in [6, 6.07) is 12.7. The maximum atomic E-state index is 7.85. The molecule has 0 aliphatic carbocycles. The lowest BCUT2D eigenvalue weighted by Crippen LogP contribution is -1.98. The van der Waals surface area contributed by atoms with E-state index in [0.717, 1.165) is 34.3 Å². The van der Waals surface area contributed by atoms with E-state index in [4.69, 9.17) is 12.6 Å². The number of hydrogen-bond acceptors (Lipinski definition) is 4. The van der Waals surface area contributed by atoms with Crippen LogP contribution in [0.4, 0.5) is 0 Å². The Bertz CT molecular complexity index is 1540. The molecule has 0 aliphatic rings. The third-order valence-corrected chi connectivity index (χ3v) is 4.91. The second kappa shape index (κ2) is 6.02. The Morgan fingerprint density at radius 1 is 0.929 bits per heavy atom. The Morgan fingerprint density at radius 2 is 1.75 bits per heavy atom. The van der Waals surface area contributed by atoms with Crippen LogP contribution in [0, 0.1) is 27.6 Å². The lowest BCUT2D eigenvalue weighted by molar-refractivity contribution is 0.669. The van der Waals surface area contributed by atoms with E-state index in [0.29, 0.717) is 22.4 Å². The number of rotatable bonds is 2. The monoisotopic (exact) mass is 374 g/mol. The number of pyridine rings is 1. The molecule has 0 saturated carbocycles. The predicted octanol–water partition coefficient (Wildman–Crippen LogP) is 5.46. The van der Waals surface area contributed by atoms with Crippen molar-refractivity contribution < 1.29 is 12.6 Å². The molecule has 5 nitrogen and oxygen atoms in total. The summed E-state index contributed by atoms with van der Waals surface area (Å²) in [4.78, 5) is 4.30. The van der Waals surface area contributed by atoms with Gasteiger partial charge in [0.1, 0.15) is 22.8 Å². The summed E-state index contributed by atoms with van der Waals surface area (Å²) in [6.45, 7) is -1.45. The molecule has 0 bridgehead atoms. The molecule has 5 rings (SSSR count). The number of furan rings is 1. The van der Waals surface area contributed by atoms with E-state index in [1.165, 1.54) is 6.07 Å². The molecule has 0 N–H and O–H groups in total. The molecule has 5 aromatic rings. The van der Waals surface area contributed by atoms with Crippen LogP contribution in [-0.4, -0.2) is 19.7 Å². The molecule has 0 unspecified atom stereocenters. The standard InChI is InChI=1S/C23H20N4O/c1-13-10-21(24-12-14(13)2)20-7-5-6-19-18-9-8-17(11-22(18)28-23(19)20)27-15(3)25-26-16(27)4/h5-12H,1-4H3/i1D3,2D3. The van der Waals surface area contributed by atoms with E-state index in [-0.39, 0.29) is 11.1 Å². The van der Waals surface area contributed by atoms with Crippen molar-refractivity contribution in [1.29, 1.82) is 0 Å². The average molecular weight is 374 g/mol. The summed E-state index contributed by atoms with van der Waals surface area (Å²) in [6.07, 6.45) is 1.13. The van der Waals surface area contributed by atoms with E-state index in [2.05, 4.69) is 15.2 Å². The lowest BCUT2D eigenvalue weighted by Gasteiger charge is -2.05. The molecule has 3 heterocycles. The molecule has 5 heteroatoms. The van der Waals surface area contributed by atoms with Gasteiger partial charge in [0.05, 0.1) is 11.4 Å². The highest BCUT2D eigenvalue weighted by atomic mass is 16.3. The minimum absolute atomic E-state index is 0.244. The Labute approximate surface area is 171 Å². The highest BCUT2D eigenvalue weighted by Gasteiger charge is 2.15. The molecule has 0 aliphatic heterocycles. The normalized spacial score (nSPS) is 15.6. The Hall–Kier alpha value is -3.47. The van der Waals surface area contributed by atoms with Crippen molar-refractivity contribution in [3.05, 3.63) is 71.4 Å². The van der Waals surface area contributed by atoms with Gasteiger partial charge in [-0.15, -0.1) is 10.2 Å². The van der Waals surface area contributed by atoms with Gasteiger partial charge >= 0.3 is 0 Å². The number of hydrogen-bond donors (Lipinski definition) is 0. The van der Waals surface area contributed by atoms with Gasteiger partial charge in [-0.1, -0.05) is 12.1 Å². The Balaban J connectivity index is 1.72. The van der Waals surface area contributed by atoms with Gasteiger partial charge in [-0.2, -0.15) is 0 Å². The highest BCUT2D eigenvalue weighted by Crippen LogP contribution is 2.36. The molecular weight excluding hydrogens is 348 g/mol. The van der Waals surface area contributed by atoms with Gasteiger partial charge in [0.15, 0.2) is 0 Å². The fourth-order valence-corrected chi connectivity index (χ4v) is 3.57. The summed E-state index contributed by atoms with van der Waals surface area (Å²) in [7, 11) is 0. The minimum Gasteiger partial charge on any atom is -0.455 e. The minimum atomic E-state index is -2.60. The van der Waals surface area contributed by atoms with Gasteiger partial charge in [-0.05, 0) is 62.9 Å². The Morgan fingerprint density at radius 3 is 2.54 bits per heavy atom. The number of aryl methyl sites for hydroxylation is 4. The molecular formula is C23H20N4O. The van der Waals surface area contributed by atoms with Gasteiger partial charge in [0, 0.05) is 36.8 Å². The van der Waals surface area contributed by atoms with Crippen molar-refractivity contribution in [3.8, 4) is 16.9 Å². The quantitative estimate of drug-likeness (QED) is 0.411. The third-order valence-electron chi connectivity index (χ3n) is 4.91. The summed E-state index contributed by atoms with van der Waals surface area (Å²) < 4.78 is 54.8. The average Bonchev–Trinajstić information content (AvgIpc) is 3.30. The zero-order chi connectivity index (χ0) is 24.4. The van der Waals surface area contributed by atoms with Crippen LogP contribution in [0.15, 0.2) is 53.1 Å². The Kier molecular flexibility index (Phi) is 2.45. The lowest BCUT2D eigenvalue weighted by atomic mass is 10.0. The zero-order valence-corrected chi connectivity index (χ0v) is 15.3. The van der Waals surface area contributed by atoms with Crippen molar-refractivity contribution >= 4 is 21.9 Å². The van der Waals surface area contributed by atoms with E-state index in [1.54, 1.807) is 6.07 Å². The highest BCUT2D eigenvalue weighted by molar-refractivity contribution is 6.09. The largest absolute Gasteiger partial charge is 0.455 e. The van der Waals surface area contributed by atoms with Gasteiger partial charge in [0.25, 0.3) is 0 Å². The van der Waals surface area contributed by atoms with Gasteiger partial charge in [-0.3, -0.25) is 9.55 Å². The molecule has 28 heavy (non-hydrogen) atoms. The van der Waals surface area contributed by atoms with E-state index < -0.39 is 13.7 Å². The first-order chi connectivity index (χ1) is 15.9. The maximum absolute atomic E-state index is 7.85. The summed E-state index contributed by atoms with van der Waals surface area (Å²) in [5.74, 6) is 1.51. The number of fused-ring (bicyclic) bond motifs is 3. The van der Waals surface area contributed by atoms with E-state index in [9.17, 15) is 0 Å². The molecule has 3 aromatic heterocycles.